The molecule has 0 spiro atoms. The first-order valence-electron chi connectivity index (χ1n) is 5.64. The van der Waals surface area contributed by atoms with E-state index in [9.17, 15) is 9.59 Å². The average molecular weight is 256 g/mol. The minimum Gasteiger partial charge on any atom is -0.477 e. The molecule has 0 saturated carbocycles. The maximum absolute atomic E-state index is 11.5. The third-order valence-corrected chi connectivity index (χ3v) is 2.51. The molecular weight excluding hydrogens is 244 g/mol. The second kappa shape index (κ2) is 5.30. The summed E-state index contributed by atoms with van der Waals surface area (Å²) in [7, 11) is 0. The highest BCUT2D eigenvalue weighted by atomic mass is 16.4. The van der Waals surface area contributed by atoms with Crippen LogP contribution in [0.1, 0.15) is 27.4 Å². The molecule has 0 radical (unpaired) electrons. The first-order chi connectivity index (χ1) is 9.06. The highest BCUT2D eigenvalue weighted by molar-refractivity contribution is 5.87. The molecule has 0 aliphatic carbocycles. The number of aryl methyl sites for hydroxylation is 1. The second-order valence-corrected chi connectivity index (χ2v) is 4.00. The van der Waals surface area contributed by atoms with Crippen LogP contribution in [0.5, 0.6) is 0 Å². The largest absolute Gasteiger partial charge is 0.477 e. The summed E-state index contributed by atoms with van der Waals surface area (Å²) in [5.41, 5.74) is 1.30. The van der Waals surface area contributed by atoms with Gasteiger partial charge in [0.25, 0.3) is 5.56 Å². The van der Waals surface area contributed by atoms with E-state index in [1.165, 1.54) is 12.1 Å². The number of H-pyrrole nitrogens is 1. The van der Waals surface area contributed by atoms with Gasteiger partial charge in [0.1, 0.15) is 5.56 Å². The topological polar surface area (TPSA) is 83.0 Å². The minimum atomic E-state index is -1.24. The van der Waals surface area contributed by atoms with Gasteiger partial charge in [0.2, 0.25) is 0 Å². The van der Waals surface area contributed by atoms with Gasteiger partial charge in [-0.15, -0.1) is 0 Å². The molecule has 2 aromatic rings. The van der Waals surface area contributed by atoms with Gasteiger partial charge in [-0.05, 0) is 43.3 Å². The van der Waals surface area contributed by atoms with E-state index in [1.54, 1.807) is 12.2 Å². The zero-order valence-electron chi connectivity index (χ0n) is 10.3. The summed E-state index contributed by atoms with van der Waals surface area (Å²) < 4.78 is 0. The fourth-order valence-electron chi connectivity index (χ4n) is 1.59. The maximum Gasteiger partial charge on any atom is 0.341 e. The molecule has 0 aliphatic heterocycles. The summed E-state index contributed by atoms with van der Waals surface area (Å²) in [4.78, 5) is 28.9. The minimum absolute atomic E-state index is 0.272. The van der Waals surface area contributed by atoms with Crippen molar-refractivity contribution in [1.29, 1.82) is 0 Å². The monoisotopic (exact) mass is 256 g/mol. The number of rotatable bonds is 3. The van der Waals surface area contributed by atoms with E-state index in [0.717, 1.165) is 11.4 Å². The van der Waals surface area contributed by atoms with Crippen molar-refractivity contribution in [2.45, 2.75) is 6.92 Å². The zero-order chi connectivity index (χ0) is 13.8. The smallest absolute Gasteiger partial charge is 0.341 e. The van der Waals surface area contributed by atoms with Crippen LogP contribution >= 0.6 is 0 Å². The lowest BCUT2D eigenvalue weighted by Crippen LogP contribution is -2.17. The summed E-state index contributed by atoms with van der Waals surface area (Å²) in [5, 5.41) is 8.75. The fraction of sp³-hybridized carbons (Fsp3) is 0.0714. The van der Waals surface area contributed by atoms with Crippen molar-refractivity contribution in [1.82, 2.24) is 9.97 Å². The van der Waals surface area contributed by atoms with Crippen LogP contribution in [-0.4, -0.2) is 21.0 Å². The van der Waals surface area contributed by atoms with Gasteiger partial charge >= 0.3 is 5.97 Å². The van der Waals surface area contributed by atoms with Crippen molar-refractivity contribution in [3.05, 3.63) is 63.3 Å². The van der Waals surface area contributed by atoms with E-state index in [0.29, 0.717) is 5.69 Å². The molecule has 0 fully saturated rings. The van der Waals surface area contributed by atoms with Crippen molar-refractivity contribution in [2.75, 3.05) is 0 Å². The zero-order valence-corrected chi connectivity index (χ0v) is 10.3. The average Bonchev–Trinajstić information content (AvgIpc) is 2.36. The fourth-order valence-corrected chi connectivity index (χ4v) is 1.59. The third-order valence-electron chi connectivity index (χ3n) is 2.51. The Balaban J connectivity index is 2.27. The molecular formula is C14H12N2O3. The van der Waals surface area contributed by atoms with Crippen molar-refractivity contribution in [3.8, 4) is 0 Å². The molecule has 5 heteroatoms. The van der Waals surface area contributed by atoms with E-state index in [2.05, 4.69) is 9.97 Å². The lowest BCUT2D eigenvalue weighted by Gasteiger charge is -1.97. The van der Waals surface area contributed by atoms with E-state index >= 15 is 0 Å². The molecule has 96 valence electrons. The van der Waals surface area contributed by atoms with Crippen LogP contribution in [0.15, 0.2) is 35.1 Å². The Kier molecular flexibility index (Phi) is 3.56. The Hall–Kier alpha value is -2.69. The van der Waals surface area contributed by atoms with Gasteiger partial charge in [0, 0.05) is 11.4 Å². The molecule has 2 heterocycles. The SMILES string of the molecule is Cc1cccc(/C=C/c2ccc(C(=O)O)c(=O)[nH]2)n1. The number of carbonyl (C=O) groups is 1. The van der Waals surface area contributed by atoms with Crippen molar-refractivity contribution in [3.63, 3.8) is 0 Å². The lowest BCUT2D eigenvalue weighted by atomic mass is 10.2. The molecule has 5 nitrogen and oxygen atoms in total. The summed E-state index contributed by atoms with van der Waals surface area (Å²) in [5.74, 6) is -1.24. The van der Waals surface area contributed by atoms with Crippen molar-refractivity contribution in [2.24, 2.45) is 0 Å². The number of aromatic carboxylic acids is 1. The Morgan fingerprint density at radius 1 is 1.26 bits per heavy atom. The normalized spacial score (nSPS) is 10.8. The van der Waals surface area contributed by atoms with Crippen molar-refractivity contribution >= 4 is 18.1 Å². The van der Waals surface area contributed by atoms with Crippen LogP contribution in [0.25, 0.3) is 12.2 Å². The maximum atomic E-state index is 11.5. The van der Waals surface area contributed by atoms with Crippen LogP contribution in [0.3, 0.4) is 0 Å². The van der Waals surface area contributed by atoms with Gasteiger partial charge in [-0.1, -0.05) is 6.07 Å². The quantitative estimate of drug-likeness (QED) is 0.879. The molecule has 0 aliphatic rings. The molecule has 2 aromatic heterocycles. The standard InChI is InChI=1S/C14H12N2O3/c1-9-3-2-4-10(15-9)5-6-11-7-8-12(14(18)19)13(17)16-11/h2-8H,1H3,(H,16,17)(H,18,19)/b6-5+. The summed E-state index contributed by atoms with van der Waals surface area (Å²) in [6, 6.07) is 8.44. The van der Waals surface area contributed by atoms with Crippen LogP contribution in [-0.2, 0) is 0 Å². The summed E-state index contributed by atoms with van der Waals surface area (Å²) in [6.07, 6.45) is 3.42. The number of pyridine rings is 2. The van der Waals surface area contributed by atoms with Gasteiger partial charge in [0.15, 0.2) is 0 Å². The molecule has 0 amide bonds. The Morgan fingerprint density at radius 3 is 2.68 bits per heavy atom. The Bertz CT molecular complexity index is 702. The third kappa shape index (κ3) is 3.16. The number of carboxylic acid groups (broad SMARTS) is 1. The summed E-state index contributed by atoms with van der Waals surface area (Å²) in [6.45, 7) is 1.89. The highest BCUT2D eigenvalue weighted by Crippen LogP contribution is 2.04. The molecule has 0 saturated heterocycles. The lowest BCUT2D eigenvalue weighted by molar-refractivity contribution is 0.0695. The molecule has 0 unspecified atom stereocenters. The molecule has 19 heavy (non-hydrogen) atoms. The number of nitrogens with one attached hydrogen (secondary N) is 1. The number of hydrogen-bond acceptors (Lipinski definition) is 3. The second-order valence-electron chi connectivity index (χ2n) is 4.00. The molecule has 0 bridgehead atoms. The van der Waals surface area contributed by atoms with Crippen LogP contribution in [0.4, 0.5) is 0 Å². The first-order valence-corrected chi connectivity index (χ1v) is 5.64. The van der Waals surface area contributed by atoms with Gasteiger partial charge < -0.3 is 10.1 Å². The van der Waals surface area contributed by atoms with Gasteiger partial charge in [-0.2, -0.15) is 0 Å². The molecule has 2 rings (SSSR count). The van der Waals surface area contributed by atoms with Gasteiger partial charge in [0.05, 0.1) is 5.69 Å². The Labute approximate surface area is 109 Å². The molecule has 0 atom stereocenters. The number of aromatic amines is 1. The van der Waals surface area contributed by atoms with Crippen LogP contribution in [0, 0.1) is 6.92 Å². The van der Waals surface area contributed by atoms with E-state index in [-0.39, 0.29) is 5.56 Å². The van der Waals surface area contributed by atoms with Gasteiger partial charge in [-0.3, -0.25) is 9.78 Å². The van der Waals surface area contributed by atoms with Gasteiger partial charge in [-0.25, -0.2) is 4.79 Å². The predicted molar refractivity (Wildman–Crippen MR) is 71.9 cm³/mol. The molecule has 2 N–H and O–H groups in total. The Morgan fingerprint density at radius 2 is 2.05 bits per heavy atom. The highest BCUT2D eigenvalue weighted by Gasteiger charge is 2.07. The van der Waals surface area contributed by atoms with Crippen molar-refractivity contribution < 1.29 is 9.90 Å². The van der Waals surface area contributed by atoms with E-state index in [1.807, 2.05) is 25.1 Å². The van der Waals surface area contributed by atoms with E-state index < -0.39 is 11.5 Å². The summed E-state index contributed by atoms with van der Waals surface area (Å²) >= 11 is 0. The van der Waals surface area contributed by atoms with Crippen LogP contribution < -0.4 is 5.56 Å². The molecule has 0 aromatic carbocycles. The number of aromatic nitrogens is 2. The van der Waals surface area contributed by atoms with Crippen LogP contribution in [0.2, 0.25) is 0 Å². The number of hydrogen-bond donors (Lipinski definition) is 2. The predicted octanol–water partition coefficient (Wildman–Crippen LogP) is 1.95. The number of nitrogens with zero attached hydrogens (tertiary/aromatic N) is 1. The van der Waals surface area contributed by atoms with E-state index in [4.69, 9.17) is 5.11 Å². The number of carboxylic acids is 1. The first kappa shape index (κ1) is 12.8.